The van der Waals surface area contributed by atoms with Crippen LogP contribution in [-0.2, 0) is 11.3 Å². The highest BCUT2D eigenvalue weighted by atomic mass is 79.9. The third-order valence-electron chi connectivity index (χ3n) is 5.24. The van der Waals surface area contributed by atoms with E-state index in [-0.39, 0.29) is 10.9 Å². The fourth-order valence-electron chi connectivity index (χ4n) is 2.83. The number of carbonyl (C=O) groups is 1. The van der Waals surface area contributed by atoms with Crippen LogP contribution in [0.2, 0.25) is 18.1 Å². The van der Waals surface area contributed by atoms with Crippen LogP contribution in [0.5, 0.6) is 0 Å². The quantitative estimate of drug-likeness (QED) is 0.477. The first kappa shape index (κ1) is 20.2. The van der Waals surface area contributed by atoms with E-state index in [0.29, 0.717) is 31.9 Å². The number of nitrogens with zero attached hydrogens (tertiary/aromatic N) is 4. The van der Waals surface area contributed by atoms with Crippen LogP contribution in [0.25, 0.3) is 11.3 Å². The minimum atomic E-state index is -0.423. The molecule has 0 bridgehead atoms. The lowest BCUT2D eigenvalue weighted by Gasteiger charge is -2.28. The van der Waals surface area contributed by atoms with Gasteiger partial charge in [0.1, 0.15) is 16.4 Å². The van der Waals surface area contributed by atoms with Crippen LogP contribution in [0, 0.1) is 0 Å². The molecule has 0 aliphatic carbocycles. The Morgan fingerprint density at radius 2 is 1.96 bits per heavy atom. The zero-order chi connectivity index (χ0) is 19.6. The molecule has 1 aliphatic heterocycles. The summed E-state index contributed by atoms with van der Waals surface area (Å²) in [4.78, 5) is 18.9. The van der Waals surface area contributed by atoms with Crippen LogP contribution < -0.4 is 0 Å². The lowest BCUT2D eigenvalue weighted by Crippen LogP contribution is -2.42. The van der Waals surface area contributed by atoms with Crippen molar-refractivity contribution in [3.8, 4) is 11.3 Å². The normalized spacial score (nSPS) is 14.4. The van der Waals surface area contributed by atoms with E-state index in [1.165, 1.54) is 0 Å². The van der Waals surface area contributed by atoms with Crippen LogP contribution in [0.15, 0.2) is 29.0 Å². The van der Waals surface area contributed by atoms with E-state index in [0.717, 1.165) is 22.3 Å². The summed E-state index contributed by atoms with van der Waals surface area (Å²) in [5.74, 6) is -0.000439. The molecule has 2 aromatic rings. The Morgan fingerprint density at radius 3 is 2.63 bits per heavy atom. The minimum absolute atomic E-state index is 0.000439. The average molecular weight is 450 g/mol. The van der Waals surface area contributed by atoms with Gasteiger partial charge in [-0.1, -0.05) is 0 Å². The van der Waals surface area contributed by atoms with Gasteiger partial charge in [-0.25, -0.2) is 0 Å². The van der Waals surface area contributed by atoms with Crippen LogP contribution in [0.4, 0.5) is 0 Å². The summed E-state index contributed by atoms with van der Waals surface area (Å²) in [6.45, 7) is 12.4. The van der Waals surface area contributed by atoms with Gasteiger partial charge in [0.15, 0.2) is 0 Å². The zero-order valence-corrected chi connectivity index (χ0v) is 18.9. The Bertz CT molecular complexity index is 808. The van der Waals surface area contributed by atoms with Crippen molar-refractivity contribution < 1.29 is 9.53 Å². The Balaban J connectivity index is 1.66. The smallest absolute Gasteiger partial charge is 0.316 e. The summed E-state index contributed by atoms with van der Waals surface area (Å²) in [5.41, 5.74) is 2.34. The first-order chi connectivity index (χ1) is 12.8. The van der Waals surface area contributed by atoms with Crippen molar-refractivity contribution in [1.29, 1.82) is 0 Å². The van der Waals surface area contributed by atoms with Gasteiger partial charge in [-0.15, -0.1) is 0 Å². The standard InChI is InChI=1S/C19H26BrN4O2Si/c1-19(2,27(3)4)13-26-12-11-23-9-10-24-17(18(23)25)15(20)16(22-24)14-5-7-21-8-6-14/h5-8H,9-13H2,1-4H3/q+1. The molecule has 1 aliphatic rings. The van der Waals surface area contributed by atoms with Gasteiger partial charge >= 0.3 is 8.80 Å². The summed E-state index contributed by atoms with van der Waals surface area (Å²) in [6.07, 6.45) is 3.46. The molecular weight excluding hydrogens is 424 g/mol. The molecule has 8 heteroatoms. The molecule has 0 unspecified atom stereocenters. The minimum Gasteiger partial charge on any atom is -0.376 e. The monoisotopic (exact) mass is 449 g/mol. The third-order valence-corrected chi connectivity index (χ3v) is 8.84. The number of amides is 1. The van der Waals surface area contributed by atoms with Crippen molar-refractivity contribution in [3.63, 3.8) is 0 Å². The van der Waals surface area contributed by atoms with E-state index in [9.17, 15) is 4.79 Å². The molecule has 0 spiro atoms. The maximum absolute atomic E-state index is 13.0. The Morgan fingerprint density at radius 1 is 1.26 bits per heavy atom. The highest BCUT2D eigenvalue weighted by Gasteiger charge is 2.36. The fraction of sp³-hybridized carbons (Fsp3) is 0.526. The second-order valence-corrected chi connectivity index (χ2v) is 11.8. The molecule has 0 saturated heterocycles. The predicted molar refractivity (Wildman–Crippen MR) is 111 cm³/mol. The molecule has 0 saturated carbocycles. The van der Waals surface area contributed by atoms with Gasteiger partial charge in [0.2, 0.25) is 0 Å². The van der Waals surface area contributed by atoms with Gasteiger partial charge in [-0.3, -0.25) is 14.5 Å². The fourth-order valence-corrected chi connectivity index (χ4v) is 3.90. The molecule has 0 fully saturated rings. The molecule has 0 N–H and O–H groups in total. The number of aromatic nitrogens is 3. The second-order valence-electron chi connectivity index (χ2n) is 7.70. The number of hydrogen-bond acceptors (Lipinski definition) is 4. The summed E-state index contributed by atoms with van der Waals surface area (Å²) in [7, 11) is -0.423. The number of hydrogen-bond donors (Lipinski definition) is 0. The van der Waals surface area contributed by atoms with Crippen LogP contribution in [0.3, 0.4) is 0 Å². The Kier molecular flexibility index (Phi) is 6.17. The van der Waals surface area contributed by atoms with Crippen molar-refractivity contribution >= 4 is 30.6 Å². The van der Waals surface area contributed by atoms with Crippen LogP contribution in [0.1, 0.15) is 24.3 Å². The maximum Gasteiger partial charge on any atom is 0.316 e. The largest absolute Gasteiger partial charge is 0.376 e. The topological polar surface area (TPSA) is 60.2 Å². The summed E-state index contributed by atoms with van der Waals surface area (Å²) in [5, 5.41) is 4.85. The van der Waals surface area contributed by atoms with Gasteiger partial charge < -0.3 is 9.64 Å². The van der Waals surface area contributed by atoms with Crippen molar-refractivity contribution in [2.24, 2.45) is 0 Å². The Hall–Kier alpha value is -1.51. The lowest BCUT2D eigenvalue weighted by atomic mass is 10.2. The molecule has 27 heavy (non-hydrogen) atoms. The molecular formula is C19H26BrN4O2Si+. The molecule has 3 heterocycles. The first-order valence-corrected chi connectivity index (χ1v) is 12.4. The van der Waals surface area contributed by atoms with E-state index in [1.54, 1.807) is 17.1 Å². The van der Waals surface area contributed by atoms with Crippen molar-refractivity contribution in [2.75, 3.05) is 26.3 Å². The van der Waals surface area contributed by atoms with Gasteiger partial charge in [-0.2, -0.15) is 5.10 Å². The van der Waals surface area contributed by atoms with Crippen molar-refractivity contribution in [1.82, 2.24) is 19.7 Å². The van der Waals surface area contributed by atoms with Crippen LogP contribution in [-0.4, -0.2) is 60.7 Å². The summed E-state index contributed by atoms with van der Waals surface area (Å²) < 4.78 is 8.44. The highest BCUT2D eigenvalue weighted by Crippen LogP contribution is 2.32. The van der Waals surface area contributed by atoms with Gasteiger partial charge in [0.25, 0.3) is 5.91 Å². The Labute approximate surface area is 170 Å². The van der Waals surface area contributed by atoms with Crippen molar-refractivity contribution in [3.05, 3.63) is 34.7 Å². The second kappa shape index (κ2) is 8.24. The molecule has 144 valence electrons. The molecule has 2 aromatic heterocycles. The number of rotatable bonds is 7. The number of pyridine rings is 1. The summed E-state index contributed by atoms with van der Waals surface area (Å²) >= 11 is 3.59. The van der Waals surface area contributed by atoms with E-state index in [1.807, 2.05) is 17.0 Å². The summed E-state index contributed by atoms with van der Waals surface area (Å²) in [6, 6.07) is 3.79. The molecule has 0 radical (unpaired) electrons. The number of carbonyl (C=O) groups excluding carboxylic acids is 1. The maximum atomic E-state index is 13.0. The number of ether oxygens (including phenoxy) is 1. The SMILES string of the molecule is C[Si+](C)C(C)(C)COCCN1CCn2nc(-c3ccncc3)c(Br)c2C1=O. The van der Waals surface area contributed by atoms with Crippen LogP contribution >= 0.6 is 15.9 Å². The molecule has 3 rings (SSSR count). The number of halogens is 1. The van der Waals surface area contributed by atoms with Crippen molar-refractivity contribution in [2.45, 2.75) is 38.5 Å². The molecule has 1 amide bonds. The lowest BCUT2D eigenvalue weighted by molar-refractivity contribution is 0.0550. The predicted octanol–water partition coefficient (Wildman–Crippen LogP) is 3.71. The zero-order valence-electron chi connectivity index (χ0n) is 16.3. The first-order valence-electron chi connectivity index (χ1n) is 9.15. The van der Waals surface area contributed by atoms with E-state index in [4.69, 9.17) is 4.74 Å². The van der Waals surface area contributed by atoms with E-state index in [2.05, 4.69) is 53.0 Å². The van der Waals surface area contributed by atoms with Gasteiger partial charge in [-0.05, 0) is 41.9 Å². The van der Waals surface area contributed by atoms with E-state index < -0.39 is 8.80 Å². The molecule has 6 nitrogen and oxygen atoms in total. The van der Waals surface area contributed by atoms with Gasteiger partial charge in [0, 0.05) is 31.0 Å². The highest BCUT2D eigenvalue weighted by molar-refractivity contribution is 9.10. The third kappa shape index (κ3) is 4.33. The molecule has 0 aromatic carbocycles. The van der Waals surface area contributed by atoms with E-state index >= 15 is 0 Å². The van der Waals surface area contributed by atoms with Gasteiger partial charge in [0.05, 0.1) is 37.3 Å². The molecule has 0 atom stereocenters. The average Bonchev–Trinajstić information content (AvgIpc) is 2.98. The number of fused-ring (bicyclic) bond motifs is 1.